The van der Waals surface area contributed by atoms with E-state index < -0.39 is 38.1 Å². The molecule has 0 saturated heterocycles. The molecule has 0 bridgehead atoms. The Morgan fingerprint density at radius 3 is 2.52 bits per heavy atom. The summed E-state index contributed by atoms with van der Waals surface area (Å²) in [6, 6.07) is 2.48. The van der Waals surface area contributed by atoms with Crippen molar-refractivity contribution in [2.24, 2.45) is 0 Å². The monoisotopic (exact) mass is 400 g/mol. The molecule has 1 aromatic heterocycles. The average molecular weight is 402 g/mol. The van der Waals surface area contributed by atoms with Crippen LogP contribution in [0, 0.1) is 17.5 Å². The minimum absolute atomic E-state index is 0.318. The number of hydrogen-bond donors (Lipinski definition) is 1. The fraction of sp³-hybridized carbons (Fsp3) is 0. The number of halogens is 5. The number of anilines is 1. The van der Waals surface area contributed by atoms with Crippen molar-refractivity contribution in [3.8, 4) is 0 Å². The molecule has 0 aliphatic heterocycles. The van der Waals surface area contributed by atoms with E-state index >= 15 is 0 Å². The molecule has 0 aliphatic rings. The first-order valence-electron chi connectivity index (χ1n) is 5.20. The molecular formula is C11H5BrClF3N2O2S. The molecule has 0 fully saturated rings. The number of sulfonamides is 1. The predicted octanol–water partition coefficient (Wildman–Crippen LogP) is 3.72. The smallest absolute Gasteiger partial charge is 0.265 e. The zero-order chi connectivity index (χ0) is 15.8. The molecule has 112 valence electrons. The van der Waals surface area contributed by atoms with Gasteiger partial charge in [-0.3, -0.25) is 4.72 Å². The van der Waals surface area contributed by atoms with Gasteiger partial charge in [0.25, 0.3) is 10.0 Å². The van der Waals surface area contributed by atoms with Crippen molar-refractivity contribution < 1.29 is 21.6 Å². The van der Waals surface area contributed by atoms with E-state index in [1.54, 1.807) is 4.72 Å². The molecule has 0 aliphatic carbocycles. The first-order valence-corrected chi connectivity index (χ1v) is 7.85. The lowest BCUT2D eigenvalue weighted by Crippen LogP contribution is -2.15. The summed E-state index contributed by atoms with van der Waals surface area (Å²) in [6.45, 7) is 0. The molecule has 0 unspecified atom stereocenters. The number of nitrogens with zero attached hydrogens (tertiary/aromatic N) is 1. The van der Waals surface area contributed by atoms with Gasteiger partial charge in [-0.25, -0.2) is 26.6 Å². The Labute approximate surface area is 131 Å². The van der Waals surface area contributed by atoms with E-state index in [4.69, 9.17) is 11.6 Å². The van der Waals surface area contributed by atoms with Gasteiger partial charge in [-0.05, 0) is 34.1 Å². The van der Waals surface area contributed by atoms with Crippen LogP contribution in [0.3, 0.4) is 0 Å². The SMILES string of the molecule is O=S(=O)(Nc1ccc(F)c(F)c1F)c1cc(Br)cnc1Cl. The van der Waals surface area contributed by atoms with Gasteiger partial charge in [-0.15, -0.1) is 0 Å². The highest BCUT2D eigenvalue weighted by Crippen LogP contribution is 2.27. The van der Waals surface area contributed by atoms with Gasteiger partial charge in [0.15, 0.2) is 17.5 Å². The maximum Gasteiger partial charge on any atom is 0.265 e. The fourth-order valence-electron chi connectivity index (χ4n) is 1.40. The first kappa shape index (κ1) is 16.1. The van der Waals surface area contributed by atoms with E-state index in [1.165, 1.54) is 6.20 Å². The molecule has 4 nitrogen and oxygen atoms in total. The molecule has 1 heterocycles. The lowest BCUT2D eigenvalue weighted by molar-refractivity contribution is 0.449. The zero-order valence-corrected chi connectivity index (χ0v) is 13.0. The lowest BCUT2D eigenvalue weighted by Gasteiger charge is -2.10. The van der Waals surface area contributed by atoms with E-state index in [1.807, 2.05) is 0 Å². The number of pyridine rings is 1. The normalized spacial score (nSPS) is 11.5. The molecule has 2 rings (SSSR count). The van der Waals surface area contributed by atoms with Crippen molar-refractivity contribution in [2.75, 3.05) is 4.72 Å². The standard InChI is InChI=1S/C11H5BrClF3N2O2S/c12-5-3-8(11(13)17-4-5)21(19,20)18-7-2-1-6(14)9(15)10(7)16/h1-4,18H. The number of benzene rings is 1. The number of aromatic nitrogens is 1. The van der Waals surface area contributed by atoms with Crippen LogP contribution in [0.4, 0.5) is 18.9 Å². The van der Waals surface area contributed by atoms with Gasteiger partial charge in [-0.1, -0.05) is 11.6 Å². The third-order valence-corrected chi connectivity index (χ3v) is 4.57. The number of nitrogens with one attached hydrogen (secondary N) is 1. The second-order valence-corrected chi connectivity index (χ2v) is 6.70. The van der Waals surface area contributed by atoms with E-state index in [0.717, 1.165) is 12.1 Å². The van der Waals surface area contributed by atoms with Gasteiger partial charge in [0, 0.05) is 10.7 Å². The molecule has 0 spiro atoms. The Balaban J connectivity index is 2.47. The lowest BCUT2D eigenvalue weighted by atomic mass is 10.3. The molecular weight excluding hydrogens is 397 g/mol. The third-order valence-electron chi connectivity index (χ3n) is 2.34. The van der Waals surface area contributed by atoms with Crippen molar-refractivity contribution >= 4 is 43.2 Å². The van der Waals surface area contributed by atoms with Crippen LogP contribution < -0.4 is 4.72 Å². The topological polar surface area (TPSA) is 59.1 Å². The van der Waals surface area contributed by atoms with Crippen molar-refractivity contribution in [3.05, 3.63) is 51.5 Å². The second kappa shape index (κ2) is 5.82. The summed E-state index contributed by atoms with van der Waals surface area (Å²) < 4.78 is 65.6. The van der Waals surface area contributed by atoms with Gasteiger partial charge in [-0.2, -0.15) is 0 Å². The summed E-state index contributed by atoms with van der Waals surface area (Å²) >= 11 is 8.68. The largest absolute Gasteiger partial charge is 0.276 e. The highest BCUT2D eigenvalue weighted by molar-refractivity contribution is 9.10. The quantitative estimate of drug-likeness (QED) is 0.630. The van der Waals surface area contributed by atoms with Gasteiger partial charge in [0.1, 0.15) is 10.0 Å². The van der Waals surface area contributed by atoms with E-state index in [0.29, 0.717) is 10.5 Å². The molecule has 10 heteroatoms. The Hall–Kier alpha value is -1.32. The summed E-state index contributed by atoms with van der Waals surface area (Å²) in [6.07, 6.45) is 1.26. The van der Waals surface area contributed by atoms with Gasteiger partial charge in [0.05, 0.1) is 5.69 Å². The number of rotatable bonds is 3. The maximum atomic E-state index is 13.5. The summed E-state index contributed by atoms with van der Waals surface area (Å²) in [5.41, 5.74) is -0.745. The molecule has 1 N–H and O–H groups in total. The van der Waals surface area contributed by atoms with E-state index in [-0.39, 0.29) is 5.15 Å². The highest BCUT2D eigenvalue weighted by atomic mass is 79.9. The summed E-state index contributed by atoms with van der Waals surface area (Å²) in [5, 5.41) is -0.353. The van der Waals surface area contributed by atoms with Crippen LogP contribution in [-0.2, 0) is 10.0 Å². The van der Waals surface area contributed by atoms with Crippen molar-refractivity contribution in [3.63, 3.8) is 0 Å². The number of hydrogen-bond acceptors (Lipinski definition) is 3. The molecule has 0 saturated carbocycles. The van der Waals surface area contributed by atoms with Crippen LogP contribution in [0.25, 0.3) is 0 Å². The molecule has 0 radical (unpaired) electrons. The second-order valence-electron chi connectivity index (χ2n) is 3.77. The minimum atomic E-state index is -4.32. The predicted molar refractivity (Wildman–Crippen MR) is 74.1 cm³/mol. The summed E-state index contributed by atoms with van der Waals surface area (Å²) in [7, 11) is -4.32. The Kier molecular flexibility index (Phi) is 4.45. The molecule has 0 amide bonds. The fourth-order valence-corrected chi connectivity index (χ4v) is 3.40. The Bertz CT molecular complexity index is 817. The molecule has 0 atom stereocenters. The first-order chi connectivity index (χ1) is 9.72. The third kappa shape index (κ3) is 3.30. The van der Waals surface area contributed by atoms with E-state index in [2.05, 4.69) is 20.9 Å². The molecule has 2 aromatic rings. The van der Waals surface area contributed by atoms with Gasteiger partial charge >= 0.3 is 0 Å². The van der Waals surface area contributed by atoms with Crippen molar-refractivity contribution in [1.82, 2.24) is 4.98 Å². The summed E-state index contributed by atoms with van der Waals surface area (Å²) in [5.74, 6) is -4.87. The highest BCUT2D eigenvalue weighted by Gasteiger charge is 2.23. The molecule has 21 heavy (non-hydrogen) atoms. The van der Waals surface area contributed by atoms with Gasteiger partial charge < -0.3 is 0 Å². The Morgan fingerprint density at radius 2 is 1.86 bits per heavy atom. The maximum absolute atomic E-state index is 13.5. The van der Waals surface area contributed by atoms with Crippen LogP contribution in [0.5, 0.6) is 0 Å². The van der Waals surface area contributed by atoms with Crippen LogP contribution in [0.2, 0.25) is 5.15 Å². The van der Waals surface area contributed by atoms with Crippen LogP contribution >= 0.6 is 27.5 Å². The Morgan fingerprint density at radius 1 is 1.19 bits per heavy atom. The van der Waals surface area contributed by atoms with E-state index in [9.17, 15) is 21.6 Å². The van der Waals surface area contributed by atoms with Crippen LogP contribution in [0.15, 0.2) is 33.8 Å². The zero-order valence-electron chi connectivity index (χ0n) is 9.87. The van der Waals surface area contributed by atoms with Crippen LogP contribution in [0.1, 0.15) is 0 Å². The van der Waals surface area contributed by atoms with Gasteiger partial charge in [0.2, 0.25) is 0 Å². The van der Waals surface area contributed by atoms with Crippen molar-refractivity contribution in [2.45, 2.75) is 4.90 Å². The summed E-state index contributed by atoms with van der Waals surface area (Å²) in [4.78, 5) is 3.17. The average Bonchev–Trinajstić information content (AvgIpc) is 2.42. The van der Waals surface area contributed by atoms with Crippen molar-refractivity contribution in [1.29, 1.82) is 0 Å². The van der Waals surface area contributed by atoms with Crippen LogP contribution in [-0.4, -0.2) is 13.4 Å². The molecule has 1 aromatic carbocycles. The minimum Gasteiger partial charge on any atom is -0.276 e.